The molecule has 1 unspecified atom stereocenters. The number of aromatic hydroxyl groups is 1. The monoisotopic (exact) mass is 511 g/mol. The van der Waals surface area contributed by atoms with Gasteiger partial charge in [-0.25, -0.2) is 5.06 Å². The van der Waals surface area contributed by atoms with Crippen LogP contribution in [0.2, 0.25) is 0 Å². The van der Waals surface area contributed by atoms with Crippen molar-refractivity contribution in [1.82, 2.24) is 5.06 Å². The Bertz CT molecular complexity index is 1050. The maximum Gasteiger partial charge on any atom is 0.396 e. The van der Waals surface area contributed by atoms with Crippen molar-refractivity contribution in [3.8, 4) is 11.5 Å². The summed E-state index contributed by atoms with van der Waals surface area (Å²) >= 11 is 0. The van der Waals surface area contributed by atoms with Gasteiger partial charge in [0, 0.05) is 18.4 Å². The average molecular weight is 511 g/mol. The van der Waals surface area contributed by atoms with Gasteiger partial charge in [0.25, 0.3) is 5.52 Å². The van der Waals surface area contributed by atoms with Crippen LogP contribution in [0.1, 0.15) is 54.1 Å². The molecule has 0 saturated heterocycles. The number of hydrogen-bond donors (Lipinski definition) is 6. The van der Waals surface area contributed by atoms with Gasteiger partial charge in [-0.2, -0.15) is 0 Å². The Morgan fingerprint density at radius 3 is 2.29 bits per heavy atom. The third-order valence-corrected chi connectivity index (χ3v) is 6.07. The molecule has 0 radical (unpaired) electrons. The Labute approximate surface area is 202 Å². The summed E-state index contributed by atoms with van der Waals surface area (Å²) in [6.07, 6.45) is 0.298. The van der Waals surface area contributed by atoms with Gasteiger partial charge in [-0.3, -0.25) is 19.4 Å². The number of phenolic OH excluding ortho intramolecular Hbond substituents is 1. The molecule has 0 aliphatic carbocycles. The fourth-order valence-electron chi connectivity index (χ4n) is 3.16. The van der Waals surface area contributed by atoms with Gasteiger partial charge < -0.3 is 29.8 Å². The largest absolute Gasteiger partial charge is 0.508 e. The molecular weight excluding hydrogens is 481 g/mol. The summed E-state index contributed by atoms with van der Waals surface area (Å²) in [6.45, 7) is 1.71. The summed E-state index contributed by atoms with van der Waals surface area (Å²) in [6, 6.07) is 9.51. The van der Waals surface area contributed by atoms with Gasteiger partial charge in [0.1, 0.15) is 17.5 Å². The van der Waals surface area contributed by atoms with Crippen LogP contribution in [0.5, 0.6) is 11.5 Å². The van der Waals surface area contributed by atoms with E-state index in [-0.39, 0.29) is 24.2 Å². The van der Waals surface area contributed by atoms with E-state index in [1.807, 2.05) is 0 Å². The number of carbonyl (C=O) groups excluding carboxylic acids is 2. The molecular formula is C23H30NO10P. The Balaban J connectivity index is 1.79. The highest BCUT2D eigenvalue weighted by molar-refractivity contribution is 7.70. The predicted molar refractivity (Wildman–Crippen MR) is 124 cm³/mol. The van der Waals surface area contributed by atoms with E-state index in [1.165, 1.54) is 19.1 Å². The van der Waals surface area contributed by atoms with Crippen molar-refractivity contribution in [3.63, 3.8) is 0 Å². The summed E-state index contributed by atoms with van der Waals surface area (Å²) < 4.78 is 16.9. The first kappa shape index (κ1) is 28.4. The second-order valence-electron chi connectivity index (χ2n) is 8.07. The standard InChI is InChI=1S/C23H30NO10P/c1-15(22(27)28)24(30)21(26)5-3-2-4-12-34-19-9-6-16(7-10-19)13-18-14-17(8-11-20(18)25)23(29)35(31,32)33/h6-11,14-15,22,25,27-28,30H,2-5,12-13H2,1H3,(H2,31,32,33). The van der Waals surface area contributed by atoms with E-state index in [9.17, 15) is 24.5 Å². The first-order chi connectivity index (χ1) is 16.4. The Morgan fingerprint density at radius 1 is 1.03 bits per heavy atom. The SMILES string of the molecule is CC(C(O)O)N(O)C(=O)CCCCCOc1ccc(Cc2cc(C(=O)P(=O)(O)O)ccc2O)cc1. The molecule has 2 aromatic carbocycles. The number of hydroxylamine groups is 2. The highest BCUT2D eigenvalue weighted by atomic mass is 31.2. The number of rotatable bonds is 13. The van der Waals surface area contributed by atoms with Crippen molar-refractivity contribution in [2.75, 3.05) is 6.61 Å². The van der Waals surface area contributed by atoms with Gasteiger partial charge in [-0.15, -0.1) is 0 Å². The number of aliphatic hydroxyl groups excluding tert-OH is 1. The highest BCUT2D eigenvalue weighted by Gasteiger charge is 2.27. The topological polar surface area (TPSA) is 185 Å². The minimum absolute atomic E-state index is 0.0655. The molecule has 1 amide bonds. The lowest BCUT2D eigenvalue weighted by Crippen LogP contribution is -2.42. The van der Waals surface area contributed by atoms with Crippen molar-refractivity contribution in [2.45, 2.75) is 51.4 Å². The fourth-order valence-corrected chi connectivity index (χ4v) is 3.64. The number of phenols is 1. The number of hydrogen-bond acceptors (Lipinski definition) is 8. The quantitative estimate of drug-likeness (QED) is 0.0765. The molecule has 1 atom stereocenters. The lowest BCUT2D eigenvalue weighted by atomic mass is 10.0. The maximum atomic E-state index is 11.8. The smallest absolute Gasteiger partial charge is 0.396 e. The van der Waals surface area contributed by atoms with Crippen LogP contribution in [-0.2, 0) is 15.8 Å². The summed E-state index contributed by atoms with van der Waals surface area (Å²) in [4.78, 5) is 41.7. The van der Waals surface area contributed by atoms with E-state index >= 15 is 0 Å². The van der Waals surface area contributed by atoms with Crippen LogP contribution in [0.25, 0.3) is 0 Å². The molecule has 0 spiro atoms. The average Bonchev–Trinajstić information content (AvgIpc) is 2.81. The molecule has 0 aliphatic heterocycles. The first-order valence-electron chi connectivity index (χ1n) is 10.9. The number of benzene rings is 2. The molecule has 0 saturated carbocycles. The second kappa shape index (κ2) is 12.8. The molecule has 0 aliphatic rings. The van der Waals surface area contributed by atoms with Crippen molar-refractivity contribution in [2.24, 2.45) is 0 Å². The summed E-state index contributed by atoms with van der Waals surface area (Å²) in [5.74, 6) is -0.0890. The molecule has 0 aromatic heterocycles. The molecule has 0 fully saturated rings. The van der Waals surface area contributed by atoms with Gasteiger partial charge in [-0.05, 0) is 67.6 Å². The number of nitrogens with zero attached hydrogens (tertiary/aromatic N) is 1. The second-order valence-corrected chi connectivity index (χ2v) is 9.56. The zero-order valence-electron chi connectivity index (χ0n) is 19.1. The number of ether oxygens (including phenoxy) is 1. The van der Waals surface area contributed by atoms with Crippen LogP contribution in [0.3, 0.4) is 0 Å². The summed E-state index contributed by atoms with van der Waals surface area (Å²) in [7, 11) is -4.92. The van der Waals surface area contributed by atoms with E-state index in [4.69, 9.17) is 24.7 Å². The van der Waals surface area contributed by atoms with Crippen LogP contribution in [0.4, 0.5) is 0 Å². The number of aliphatic hydroxyl groups is 2. The zero-order chi connectivity index (χ0) is 26.2. The van der Waals surface area contributed by atoms with Gasteiger partial charge in [0.05, 0.1) is 6.61 Å². The minimum atomic E-state index is -4.92. The molecule has 35 heavy (non-hydrogen) atoms. The van der Waals surface area contributed by atoms with E-state index in [0.717, 1.165) is 11.6 Å². The van der Waals surface area contributed by atoms with Gasteiger partial charge >= 0.3 is 7.60 Å². The molecule has 2 aromatic rings. The van der Waals surface area contributed by atoms with E-state index in [0.29, 0.717) is 42.2 Å². The Kier molecular flexibility index (Phi) is 10.4. The van der Waals surface area contributed by atoms with Crippen LogP contribution >= 0.6 is 7.60 Å². The molecule has 6 N–H and O–H groups in total. The number of amides is 1. The Morgan fingerprint density at radius 2 is 1.69 bits per heavy atom. The van der Waals surface area contributed by atoms with Gasteiger partial charge in [-0.1, -0.05) is 12.1 Å². The third kappa shape index (κ3) is 8.74. The maximum absolute atomic E-state index is 11.8. The normalized spacial score (nSPS) is 12.4. The molecule has 11 nitrogen and oxygen atoms in total. The van der Waals surface area contributed by atoms with Crippen LogP contribution < -0.4 is 4.74 Å². The molecule has 12 heteroatoms. The zero-order valence-corrected chi connectivity index (χ0v) is 20.0. The van der Waals surface area contributed by atoms with E-state index in [1.54, 1.807) is 24.3 Å². The summed E-state index contributed by atoms with van der Waals surface area (Å²) in [5, 5.41) is 37.9. The van der Waals surface area contributed by atoms with E-state index in [2.05, 4.69) is 0 Å². The first-order valence-corrected chi connectivity index (χ1v) is 12.5. The minimum Gasteiger partial charge on any atom is -0.508 e. The highest BCUT2D eigenvalue weighted by Crippen LogP contribution is 2.39. The van der Waals surface area contributed by atoms with Crippen molar-refractivity contribution >= 4 is 19.0 Å². The molecule has 192 valence electrons. The number of unbranched alkanes of at least 4 members (excludes halogenated alkanes) is 2. The third-order valence-electron chi connectivity index (χ3n) is 5.29. The lowest BCUT2D eigenvalue weighted by molar-refractivity contribution is -0.204. The summed E-state index contributed by atoms with van der Waals surface area (Å²) in [5.41, 5.74) is -0.362. The van der Waals surface area contributed by atoms with Crippen molar-refractivity contribution in [3.05, 3.63) is 59.2 Å². The van der Waals surface area contributed by atoms with Gasteiger partial charge in [0.15, 0.2) is 6.29 Å². The molecule has 0 bridgehead atoms. The fraction of sp³-hybridized carbons (Fsp3) is 0.391. The van der Waals surface area contributed by atoms with Crippen LogP contribution in [0, 0.1) is 0 Å². The molecule has 2 rings (SSSR count). The van der Waals surface area contributed by atoms with Crippen LogP contribution in [0.15, 0.2) is 42.5 Å². The lowest BCUT2D eigenvalue weighted by Gasteiger charge is -2.23. The van der Waals surface area contributed by atoms with Gasteiger partial charge in [0.2, 0.25) is 5.91 Å². The molecule has 0 heterocycles. The predicted octanol–water partition coefficient (Wildman–Crippen LogP) is 2.16. The number of carbonyl (C=O) groups is 2. The van der Waals surface area contributed by atoms with Crippen LogP contribution in [-0.4, -0.2) is 65.7 Å². The Hall–Kier alpha value is -2.79. The van der Waals surface area contributed by atoms with Crippen molar-refractivity contribution in [1.29, 1.82) is 0 Å². The van der Waals surface area contributed by atoms with Crippen molar-refractivity contribution < 1.29 is 49.2 Å². The van der Waals surface area contributed by atoms with E-state index < -0.39 is 31.4 Å².